The molecule has 0 fully saturated rings. The molecule has 1 unspecified atom stereocenters. The third-order valence-corrected chi connectivity index (χ3v) is 10.2. The van der Waals surface area contributed by atoms with Crippen LogP contribution in [0.1, 0.15) is 251 Å². The van der Waals surface area contributed by atoms with Crippen molar-refractivity contribution >= 4 is 11.9 Å². The van der Waals surface area contributed by atoms with Gasteiger partial charge in [-0.15, -0.1) is 0 Å². The number of ether oxygens (including phenoxy) is 1. The Hall–Kier alpha value is -1.58. The van der Waals surface area contributed by atoms with Gasteiger partial charge in [-0.25, -0.2) is 0 Å². The summed E-state index contributed by atoms with van der Waals surface area (Å²) in [7, 11) is 0. The van der Waals surface area contributed by atoms with Gasteiger partial charge in [0.1, 0.15) is 6.10 Å². The van der Waals surface area contributed by atoms with E-state index in [4.69, 9.17) is 9.84 Å². The van der Waals surface area contributed by atoms with Crippen LogP contribution in [0.3, 0.4) is 0 Å². The first-order valence-corrected chi connectivity index (χ1v) is 22.3. The van der Waals surface area contributed by atoms with Gasteiger partial charge in [0.15, 0.2) is 0 Å². The highest BCUT2D eigenvalue weighted by molar-refractivity contribution is 5.69. The van der Waals surface area contributed by atoms with E-state index in [2.05, 4.69) is 38.2 Å². The van der Waals surface area contributed by atoms with E-state index in [0.717, 1.165) is 57.8 Å². The number of carboxylic acids is 1. The normalized spacial score (nSPS) is 12.4. The van der Waals surface area contributed by atoms with E-state index in [9.17, 15) is 9.59 Å². The average molecular weight is 703 g/mol. The number of rotatable bonds is 41. The number of hydrogen-bond donors (Lipinski definition) is 1. The van der Waals surface area contributed by atoms with Crippen molar-refractivity contribution in [2.75, 3.05) is 0 Å². The first kappa shape index (κ1) is 48.4. The van der Waals surface area contributed by atoms with Crippen LogP contribution in [0.5, 0.6) is 0 Å². The molecule has 0 aromatic heterocycles. The Morgan fingerprint density at radius 2 is 0.780 bits per heavy atom. The highest BCUT2D eigenvalue weighted by atomic mass is 16.5. The van der Waals surface area contributed by atoms with Crippen molar-refractivity contribution in [1.82, 2.24) is 0 Å². The fraction of sp³-hybridized carbons (Fsp3) is 0.870. The van der Waals surface area contributed by atoms with Crippen molar-refractivity contribution in [3.8, 4) is 0 Å². The van der Waals surface area contributed by atoms with Crippen LogP contribution in [0.4, 0.5) is 0 Å². The zero-order valence-corrected chi connectivity index (χ0v) is 33.7. The molecule has 0 heterocycles. The molecule has 0 aliphatic rings. The van der Waals surface area contributed by atoms with Crippen molar-refractivity contribution in [3.05, 3.63) is 24.3 Å². The lowest BCUT2D eigenvalue weighted by Crippen LogP contribution is -2.18. The minimum Gasteiger partial charge on any atom is -0.481 e. The molecule has 294 valence electrons. The lowest BCUT2D eigenvalue weighted by molar-refractivity contribution is -0.150. The maximum Gasteiger partial charge on any atom is 0.306 e. The van der Waals surface area contributed by atoms with Gasteiger partial charge in [0.25, 0.3) is 0 Å². The number of hydrogen-bond acceptors (Lipinski definition) is 3. The standard InChI is InChI=1S/C46H86O4/c1-3-5-7-9-11-12-13-14-15-16-17-18-19-20-21-22-23-27-31-35-39-43-46(49)50-44(40-36-32-28-10-8-6-4-2)41-37-33-29-25-24-26-30-34-38-42-45(47)48/h11-12,14-15,44H,3-10,13,16-43H2,1-2H3,(H,47,48)/b12-11-,15-14-. The molecule has 0 radical (unpaired) electrons. The minimum atomic E-state index is -0.676. The molecule has 4 heteroatoms. The molecule has 0 aliphatic carbocycles. The second-order valence-electron chi connectivity index (χ2n) is 15.2. The molecule has 1 atom stereocenters. The summed E-state index contributed by atoms with van der Waals surface area (Å²) in [6.45, 7) is 4.53. The molecule has 0 saturated carbocycles. The number of esters is 1. The summed E-state index contributed by atoms with van der Waals surface area (Å²) in [5.74, 6) is -0.643. The van der Waals surface area contributed by atoms with Gasteiger partial charge in [-0.3, -0.25) is 9.59 Å². The number of allylic oxidation sites excluding steroid dienone is 4. The number of carboxylic acid groups (broad SMARTS) is 1. The number of carbonyl (C=O) groups is 2. The van der Waals surface area contributed by atoms with Crippen molar-refractivity contribution in [2.45, 2.75) is 258 Å². The zero-order chi connectivity index (χ0) is 36.4. The van der Waals surface area contributed by atoms with Gasteiger partial charge in [0.05, 0.1) is 0 Å². The summed E-state index contributed by atoms with van der Waals surface area (Å²) < 4.78 is 6.05. The fourth-order valence-electron chi connectivity index (χ4n) is 6.86. The smallest absolute Gasteiger partial charge is 0.306 e. The molecular weight excluding hydrogens is 617 g/mol. The van der Waals surface area contributed by atoms with Crippen LogP contribution in [0, 0.1) is 0 Å². The molecule has 0 bridgehead atoms. The predicted octanol–water partition coefficient (Wildman–Crippen LogP) is 15.6. The van der Waals surface area contributed by atoms with Crippen LogP contribution < -0.4 is 0 Å². The SMILES string of the molecule is CCCCC/C=C\C/C=C\CCCCCCCCCCCCCC(=O)OC(CCCCCCCCC)CCCCCCCCCCCC(=O)O. The van der Waals surface area contributed by atoms with E-state index in [-0.39, 0.29) is 12.1 Å². The van der Waals surface area contributed by atoms with E-state index >= 15 is 0 Å². The summed E-state index contributed by atoms with van der Waals surface area (Å²) in [6, 6.07) is 0. The van der Waals surface area contributed by atoms with E-state index < -0.39 is 5.97 Å². The Morgan fingerprint density at radius 1 is 0.440 bits per heavy atom. The first-order valence-electron chi connectivity index (χ1n) is 22.3. The van der Waals surface area contributed by atoms with Gasteiger partial charge in [-0.2, -0.15) is 0 Å². The van der Waals surface area contributed by atoms with Gasteiger partial charge in [0.2, 0.25) is 0 Å². The van der Waals surface area contributed by atoms with E-state index in [0.29, 0.717) is 12.8 Å². The highest BCUT2D eigenvalue weighted by Crippen LogP contribution is 2.19. The average Bonchev–Trinajstić information content (AvgIpc) is 3.10. The molecule has 4 nitrogen and oxygen atoms in total. The Balaban J connectivity index is 3.87. The third-order valence-electron chi connectivity index (χ3n) is 10.2. The number of carbonyl (C=O) groups excluding carboxylic acids is 1. The van der Waals surface area contributed by atoms with Crippen LogP contribution in [-0.4, -0.2) is 23.1 Å². The van der Waals surface area contributed by atoms with Crippen LogP contribution in [0.15, 0.2) is 24.3 Å². The van der Waals surface area contributed by atoms with Crippen molar-refractivity contribution in [1.29, 1.82) is 0 Å². The van der Waals surface area contributed by atoms with Crippen LogP contribution in [0.2, 0.25) is 0 Å². The number of aliphatic carboxylic acids is 1. The Morgan fingerprint density at radius 3 is 1.22 bits per heavy atom. The topological polar surface area (TPSA) is 63.6 Å². The monoisotopic (exact) mass is 703 g/mol. The zero-order valence-electron chi connectivity index (χ0n) is 33.7. The van der Waals surface area contributed by atoms with Crippen LogP contribution in [-0.2, 0) is 14.3 Å². The molecular formula is C46H86O4. The lowest BCUT2D eigenvalue weighted by Gasteiger charge is -2.18. The van der Waals surface area contributed by atoms with Gasteiger partial charge < -0.3 is 9.84 Å². The molecule has 0 aliphatic heterocycles. The van der Waals surface area contributed by atoms with E-state index in [1.165, 1.54) is 167 Å². The largest absolute Gasteiger partial charge is 0.481 e. The Bertz CT molecular complexity index is 757. The molecule has 50 heavy (non-hydrogen) atoms. The van der Waals surface area contributed by atoms with Crippen molar-refractivity contribution < 1.29 is 19.4 Å². The molecule has 0 spiro atoms. The van der Waals surface area contributed by atoms with Crippen LogP contribution >= 0.6 is 0 Å². The van der Waals surface area contributed by atoms with Crippen molar-refractivity contribution in [2.24, 2.45) is 0 Å². The summed E-state index contributed by atoms with van der Waals surface area (Å²) in [5, 5.41) is 8.74. The molecule has 0 aromatic rings. The molecule has 0 rings (SSSR count). The minimum absolute atomic E-state index is 0.0333. The fourth-order valence-corrected chi connectivity index (χ4v) is 6.86. The summed E-state index contributed by atoms with van der Waals surface area (Å²) >= 11 is 0. The van der Waals surface area contributed by atoms with Crippen LogP contribution in [0.25, 0.3) is 0 Å². The Labute approximate surface area is 312 Å². The maximum absolute atomic E-state index is 12.7. The van der Waals surface area contributed by atoms with Gasteiger partial charge in [-0.1, -0.05) is 192 Å². The maximum atomic E-state index is 12.7. The molecule has 0 aromatic carbocycles. The summed E-state index contributed by atoms with van der Waals surface area (Å²) in [6.07, 6.45) is 53.7. The van der Waals surface area contributed by atoms with E-state index in [1.807, 2.05) is 0 Å². The second kappa shape index (κ2) is 41.8. The molecule has 0 amide bonds. The lowest BCUT2D eigenvalue weighted by atomic mass is 10.0. The summed E-state index contributed by atoms with van der Waals surface area (Å²) in [4.78, 5) is 23.3. The predicted molar refractivity (Wildman–Crippen MR) is 218 cm³/mol. The van der Waals surface area contributed by atoms with Gasteiger partial charge in [0, 0.05) is 12.8 Å². The Kier molecular flexibility index (Phi) is 40.5. The van der Waals surface area contributed by atoms with Gasteiger partial charge in [-0.05, 0) is 70.6 Å². The first-order chi connectivity index (χ1) is 24.6. The second-order valence-corrected chi connectivity index (χ2v) is 15.2. The van der Waals surface area contributed by atoms with Crippen molar-refractivity contribution in [3.63, 3.8) is 0 Å². The van der Waals surface area contributed by atoms with Gasteiger partial charge >= 0.3 is 11.9 Å². The number of unbranched alkanes of at least 4 members (excludes halogenated alkanes) is 28. The quantitative estimate of drug-likeness (QED) is 0.0391. The highest BCUT2D eigenvalue weighted by Gasteiger charge is 2.14. The molecule has 1 N–H and O–H groups in total. The van der Waals surface area contributed by atoms with E-state index in [1.54, 1.807) is 0 Å². The third kappa shape index (κ3) is 40.8. The summed E-state index contributed by atoms with van der Waals surface area (Å²) in [5.41, 5.74) is 0. The molecule has 0 saturated heterocycles.